The van der Waals surface area contributed by atoms with Crippen molar-refractivity contribution >= 4 is 17.5 Å². The molecule has 3 aromatic rings. The van der Waals surface area contributed by atoms with Gasteiger partial charge in [-0.3, -0.25) is 0 Å². The molecule has 6 heteroatoms. The van der Waals surface area contributed by atoms with E-state index in [0.29, 0.717) is 16.9 Å². The minimum Gasteiger partial charge on any atom is -0.496 e. The molecular weight excluding hydrogens is 426 g/mol. The van der Waals surface area contributed by atoms with Gasteiger partial charge in [0.2, 0.25) is 0 Å². The molecule has 1 heterocycles. The summed E-state index contributed by atoms with van der Waals surface area (Å²) in [6, 6.07) is 15.9. The molecule has 1 aromatic heterocycles. The zero-order valence-electron chi connectivity index (χ0n) is 20.7. The van der Waals surface area contributed by atoms with E-state index in [1.165, 1.54) is 12.7 Å². The SMILES string of the molecule is COC(=O)c1cc(-c2ccc(NCC=C(C)C)cc2)c(OC)cc1-c1ccc(NC(C)C)nc1. The number of nitrogens with one attached hydrogen (secondary N) is 2. The van der Waals surface area contributed by atoms with Gasteiger partial charge in [-0.05, 0) is 69.7 Å². The monoisotopic (exact) mass is 459 g/mol. The van der Waals surface area contributed by atoms with Crippen LogP contribution in [0.5, 0.6) is 5.75 Å². The van der Waals surface area contributed by atoms with Crippen LogP contribution in [-0.2, 0) is 4.74 Å². The zero-order valence-corrected chi connectivity index (χ0v) is 20.7. The summed E-state index contributed by atoms with van der Waals surface area (Å²) in [4.78, 5) is 17.2. The number of rotatable bonds is 9. The summed E-state index contributed by atoms with van der Waals surface area (Å²) >= 11 is 0. The van der Waals surface area contributed by atoms with Crippen molar-refractivity contribution in [1.29, 1.82) is 0 Å². The Hall–Kier alpha value is -3.80. The predicted molar refractivity (Wildman–Crippen MR) is 140 cm³/mol. The second-order valence-corrected chi connectivity index (χ2v) is 8.56. The van der Waals surface area contributed by atoms with E-state index in [1.54, 1.807) is 13.3 Å². The van der Waals surface area contributed by atoms with Crippen LogP contribution in [0.15, 0.2) is 66.4 Å². The maximum Gasteiger partial charge on any atom is 0.338 e. The number of methoxy groups -OCH3 is 2. The Morgan fingerprint density at radius 2 is 1.71 bits per heavy atom. The smallest absolute Gasteiger partial charge is 0.338 e. The van der Waals surface area contributed by atoms with Gasteiger partial charge in [0.05, 0.1) is 19.8 Å². The molecule has 0 atom stereocenters. The maximum atomic E-state index is 12.7. The fraction of sp³-hybridized carbons (Fsp3) is 0.286. The molecule has 0 aliphatic heterocycles. The number of anilines is 2. The summed E-state index contributed by atoms with van der Waals surface area (Å²) < 4.78 is 10.8. The van der Waals surface area contributed by atoms with Gasteiger partial charge in [0.25, 0.3) is 0 Å². The second-order valence-electron chi connectivity index (χ2n) is 8.56. The van der Waals surface area contributed by atoms with Gasteiger partial charge in [-0.2, -0.15) is 0 Å². The van der Waals surface area contributed by atoms with E-state index in [4.69, 9.17) is 9.47 Å². The first-order chi connectivity index (χ1) is 16.3. The normalized spacial score (nSPS) is 10.6. The van der Waals surface area contributed by atoms with Crippen LogP contribution in [0.1, 0.15) is 38.1 Å². The topological polar surface area (TPSA) is 72.5 Å². The molecule has 6 nitrogen and oxygen atoms in total. The average Bonchev–Trinajstić information content (AvgIpc) is 2.83. The van der Waals surface area contributed by atoms with E-state index in [2.05, 4.69) is 49.4 Å². The highest BCUT2D eigenvalue weighted by atomic mass is 16.5. The van der Waals surface area contributed by atoms with Crippen LogP contribution in [0.25, 0.3) is 22.3 Å². The predicted octanol–water partition coefficient (Wildman–Crippen LogP) is 6.41. The van der Waals surface area contributed by atoms with Crippen molar-refractivity contribution in [3.05, 3.63) is 71.9 Å². The molecule has 3 rings (SSSR count). The lowest BCUT2D eigenvalue weighted by Gasteiger charge is -2.16. The molecule has 0 aliphatic rings. The van der Waals surface area contributed by atoms with Crippen LogP contribution in [-0.4, -0.2) is 37.8 Å². The Morgan fingerprint density at radius 3 is 2.26 bits per heavy atom. The molecule has 0 spiro atoms. The van der Waals surface area contributed by atoms with Crippen molar-refractivity contribution in [2.24, 2.45) is 0 Å². The van der Waals surface area contributed by atoms with Crippen LogP contribution in [0, 0.1) is 0 Å². The second kappa shape index (κ2) is 11.4. The van der Waals surface area contributed by atoms with Gasteiger partial charge in [0.1, 0.15) is 11.6 Å². The van der Waals surface area contributed by atoms with Crippen molar-refractivity contribution in [2.45, 2.75) is 33.7 Å². The Kier molecular flexibility index (Phi) is 8.30. The van der Waals surface area contributed by atoms with Gasteiger partial charge < -0.3 is 20.1 Å². The first kappa shape index (κ1) is 24.8. The number of esters is 1. The highest BCUT2D eigenvalue weighted by Crippen LogP contribution is 2.37. The number of benzene rings is 2. The first-order valence-corrected chi connectivity index (χ1v) is 11.3. The quantitative estimate of drug-likeness (QED) is 0.285. The average molecular weight is 460 g/mol. The highest BCUT2D eigenvalue weighted by Gasteiger charge is 2.19. The van der Waals surface area contributed by atoms with Crippen LogP contribution < -0.4 is 15.4 Å². The lowest BCUT2D eigenvalue weighted by Crippen LogP contribution is -2.10. The lowest BCUT2D eigenvalue weighted by molar-refractivity contribution is 0.0601. The minimum atomic E-state index is -0.414. The fourth-order valence-corrected chi connectivity index (χ4v) is 3.57. The number of nitrogens with zero attached hydrogens (tertiary/aromatic N) is 1. The van der Waals surface area contributed by atoms with E-state index in [1.807, 2.05) is 48.5 Å². The van der Waals surface area contributed by atoms with Crippen molar-refractivity contribution in [1.82, 2.24) is 4.98 Å². The van der Waals surface area contributed by atoms with Crippen LogP contribution in [0.2, 0.25) is 0 Å². The number of ether oxygens (including phenoxy) is 2. The van der Waals surface area contributed by atoms with Crippen molar-refractivity contribution in [2.75, 3.05) is 31.4 Å². The molecule has 2 N–H and O–H groups in total. The number of hydrogen-bond acceptors (Lipinski definition) is 6. The standard InChI is InChI=1S/C28H33N3O3/c1-18(2)13-14-29-22-10-7-20(8-11-22)24-15-25(28(32)34-6)23(16-26(24)33-5)21-9-12-27(30-17-21)31-19(3)4/h7-13,15-17,19,29H,14H2,1-6H3,(H,30,31). The van der Waals surface area contributed by atoms with E-state index >= 15 is 0 Å². The molecule has 178 valence electrons. The van der Waals surface area contributed by atoms with Crippen molar-refractivity contribution in [3.63, 3.8) is 0 Å². The summed E-state index contributed by atoms with van der Waals surface area (Å²) in [6.45, 7) is 9.03. The highest BCUT2D eigenvalue weighted by molar-refractivity contribution is 6.00. The van der Waals surface area contributed by atoms with E-state index in [9.17, 15) is 4.79 Å². The van der Waals surface area contributed by atoms with E-state index < -0.39 is 5.97 Å². The molecule has 0 bridgehead atoms. The molecule has 0 fully saturated rings. The number of allylic oxidation sites excluding steroid dienone is 1. The number of carbonyl (C=O) groups excluding carboxylic acids is 1. The van der Waals surface area contributed by atoms with Crippen LogP contribution >= 0.6 is 0 Å². The summed E-state index contributed by atoms with van der Waals surface area (Å²) in [7, 11) is 3.01. The third kappa shape index (κ3) is 6.16. The van der Waals surface area contributed by atoms with Gasteiger partial charge >= 0.3 is 5.97 Å². The summed E-state index contributed by atoms with van der Waals surface area (Å²) in [5, 5.41) is 6.65. The molecule has 0 unspecified atom stereocenters. The molecule has 2 aromatic carbocycles. The van der Waals surface area contributed by atoms with Crippen molar-refractivity contribution in [3.8, 4) is 28.0 Å². The summed E-state index contributed by atoms with van der Waals surface area (Å²) in [6.07, 6.45) is 3.89. The number of hydrogen-bond donors (Lipinski definition) is 2. The first-order valence-electron chi connectivity index (χ1n) is 11.3. The zero-order chi connectivity index (χ0) is 24.7. The minimum absolute atomic E-state index is 0.275. The molecule has 0 saturated carbocycles. The largest absolute Gasteiger partial charge is 0.496 e. The molecular formula is C28H33N3O3. The van der Waals surface area contributed by atoms with E-state index in [-0.39, 0.29) is 6.04 Å². The maximum absolute atomic E-state index is 12.7. The molecule has 0 aliphatic carbocycles. The number of aromatic nitrogens is 1. The van der Waals surface area contributed by atoms with Crippen LogP contribution in [0.4, 0.5) is 11.5 Å². The Balaban J connectivity index is 2.00. The number of pyridine rings is 1. The lowest BCUT2D eigenvalue weighted by atomic mass is 9.94. The third-order valence-corrected chi connectivity index (χ3v) is 5.27. The Morgan fingerprint density at radius 1 is 1.00 bits per heavy atom. The van der Waals surface area contributed by atoms with Gasteiger partial charge in [0, 0.05) is 41.2 Å². The molecule has 34 heavy (non-hydrogen) atoms. The van der Waals surface area contributed by atoms with Gasteiger partial charge in [-0.1, -0.05) is 23.8 Å². The fourth-order valence-electron chi connectivity index (χ4n) is 3.57. The summed E-state index contributed by atoms with van der Waals surface area (Å²) in [5.41, 5.74) is 6.01. The third-order valence-electron chi connectivity index (χ3n) is 5.27. The van der Waals surface area contributed by atoms with E-state index in [0.717, 1.165) is 34.7 Å². The molecule has 0 saturated heterocycles. The number of carbonyl (C=O) groups is 1. The van der Waals surface area contributed by atoms with Crippen LogP contribution in [0.3, 0.4) is 0 Å². The van der Waals surface area contributed by atoms with Gasteiger partial charge in [-0.15, -0.1) is 0 Å². The Labute approximate surface area is 202 Å². The molecule has 0 amide bonds. The van der Waals surface area contributed by atoms with Gasteiger partial charge in [0.15, 0.2) is 0 Å². The molecule has 0 radical (unpaired) electrons. The Bertz CT molecular complexity index is 1150. The summed E-state index contributed by atoms with van der Waals surface area (Å²) in [5.74, 6) is 1.03. The van der Waals surface area contributed by atoms with Crippen molar-refractivity contribution < 1.29 is 14.3 Å². The van der Waals surface area contributed by atoms with Gasteiger partial charge in [-0.25, -0.2) is 9.78 Å².